The van der Waals surface area contributed by atoms with Crippen LogP contribution in [0.2, 0.25) is 5.02 Å². The summed E-state index contributed by atoms with van der Waals surface area (Å²) < 4.78 is 16.0. The average molecular weight is 369 g/mol. The van der Waals surface area contributed by atoms with Gasteiger partial charge in [-0.1, -0.05) is 18.5 Å². The number of carbonyl (C=O) groups excluding carboxylic acids is 2. The van der Waals surface area contributed by atoms with E-state index in [2.05, 4.69) is 5.32 Å². The third-order valence-corrected chi connectivity index (χ3v) is 3.17. The van der Waals surface area contributed by atoms with Crippen LogP contribution in [-0.4, -0.2) is 38.2 Å². The third-order valence-electron chi connectivity index (χ3n) is 2.89. The largest absolute Gasteiger partial charge is 0.490 e. The van der Waals surface area contributed by atoms with Crippen LogP contribution in [0, 0.1) is 11.3 Å². The molecule has 0 aliphatic carbocycles. The summed E-state index contributed by atoms with van der Waals surface area (Å²) in [6, 6.07) is 4.77. The van der Waals surface area contributed by atoms with Crippen LogP contribution in [0.4, 0.5) is 0 Å². The van der Waals surface area contributed by atoms with Gasteiger partial charge in [0, 0.05) is 6.54 Å². The molecule has 0 heterocycles. The molecule has 0 atom stereocenters. The van der Waals surface area contributed by atoms with Crippen LogP contribution in [0.5, 0.6) is 11.5 Å². The first-order valence-corrected chi connectivity index (χ1v) is 8.31. The maximum absolute atomic E-state index is 12.1. The Hall–Kier alpha value is -2.46. The molecule has 0 aliphatic rings. The summed E-state index contributed by atoms with van der Waals surface area (Å²) in [5.74, 6) is -0.479. The lowest BCUT2D eigenvalue weighted by molar-refractivity contribution is -0.124. The van der Waals surface area contributed by atoms with E-state index in [0.717, 1.165) is 6.42 Å². The topological polar surface area (TPSA) is 97.6 Å². The number of nitrogens with zero attached hydrogens (tertiary/aromatic N) is 1. The van der Waals surface area contributed by atoms with Crippen LogP contribution < -0.4 is 14.8 Å². The summed E-state index contributed by atoms with van der Waals surface area (Å²) in [4.78, 5) is 23.6. The van der Waals surface area contributed by atoms with Crippen molar-refractivity contribution >= 4 is 23.5 Å². The lowest BCUT2D eigenvalue weighted by atomic mass is 10.2. The second kappa shape index (κ2) is 11.2. The monoisotopic (exact) mass is 368 g/mol. The molecule has 0 radical (unpaired) electrons. The number of hydrogen-bond donors (Lipinski definition) is 1. The van der Waals surface area contributed by atoms with Crippen molar-refractivity contribution in [3.63, 3.8) is 0 Å². The first kappa shape index (κ1) is 20.6. The summed E-state index contributed by atoms with van der Waals surface area (Å²) >= 11 is 6.17. The van der Waals surface area contributed by atoms with Gasteiger partial charge in [0.05, 0.1) is 36.3 Å². The lowest BCUT2D eigenvalue weighted by Crippen LogP contribution is -2.29. The van der Waals surface area contributed by atoms with Crippen LogP contribution in [0.1, 0.15) is 37.0 Å². The fraction of sp³-hybridized carbons (Fsp3) is 0.471. The maximum Gasteiger partial charge on any atom is 0.338 e. The van der Waals surface area contributed by atoms with Crippen molar-refractivity contribution in [2.24, 2.45) is 0 Å². The van der Waals surface area contributed by atoms with Crippen molar-refractivity contribution in [1.29, 1.82) is 5.26 Å². The van der Waals surface area contributed by atoms with Gasteiger partial charge in [-0.25, -0.2) is 4.79 Å². The standard InChI is InChI=1S/C17H21ClN2O5/c1-3-8-24-16-13(18)9-12(10-14(16)23-4-2)17(22)25-11-15(21)20-7-5-6-19/h9-10H,3-5,7-8,11H2,1-2H3,(H,20,21). The van der Waals surface area contributed by atoms with E-state index in [4.69, 9.17) is 31.1 Å². The summed E-state index contributed by atoms with van der Waals surface area (Å²) in [7, 11) is 0. The minimum Gasteiger partial charge on any atom is -0.490 e. The van der Waals surface area contributed by atoms with Crippen LogP contribution in [-0.2, 0) is 9.53 Å². The van der Waals surface area contributed by atoms with Crippen LogP contribution in [0.3, 0.4) is 0 Å². The van der Waals surface area contributed by atoms with Crippen molar-refractivity contribution in [1.82, 2.24) is 5.32 Å². The Bertz CT molecular complexity index is 643. The van der Waals surface area contributed by atoms with E-state index >= 15 is 0 Å². The van der Waals surface area contributed by atoms with Crippen molar-refractivity contribution in [2.75, 3.05) is 26.4 Å². The molecule has 0 saturated heterocycles. The Kier molecular flexibility index (Phi) is 9.19. The molecule has 1 rings (SSSR count). The number of amides is 1. The van der Waals surface area contributed by atoms with E-state index in [-0.39, 0.29) is 23.6 Å². The minimum absolute atomic E-state index is 0.155. The predicted octanol–water partition coefficient (Wildman–Crippen LogP) is 2.71. The third kappa shape index (κ3) is 6.89. The Balaban J connectivity index is 2.78. The SMILES string of the molecule is CCCOc1c(Cl)cc(C(=O)OCC(=O)NCCC#N)cc1OCC. The highest BCUT2D eigenvalue weighted by Crippen LogP contribution is 2.37. The zero-order valence-electron chi connectivity index (χ0n) is 14.3. The van der Waals surface area contributed by atoms with E-state index in [0.29, 0.717) is 24.7 Å². The van der Waals surface area contributed by atoms with Crippen molar-refractivity contribution < 1.29 is 23.8 Å². The molecular formula is C17H21ClN2O5. The quantitative estimate of drug-likeness (QED) is 0.503. The molecule has 0 spiro atoms. The number of rotatable bonds is 10. The highest BCUT2D eigenvalue weighted by molar-refractivity contribution is 6.32. The van der Waals surface area contributed by atoms with Crippen molar-refractivity contribution in [3.05, 3.63) is 22.7 Å². The van der Waals surface area contributed by atoms with Gasteiger partial charge in [-0.2, -0.15) is 5.26 Å². The molecule has 136 valence electrons. The maximum atomic E-state index is 12.1. The van der Waals surface area contributed by atoms with E-state index in [9.17, 15) is 9.59 Å². The number of esters is 1. The predicted molar refractivity (Wildman–Crippen MR) is 91.9 cm³/mol. The number of nitrogens with one attached hydrogen (secondary N) is 1. The molecule has 1 aromatic rings. The van der Waals surface area contributed by atoms with Gasteiger partial charge < -0.3 is 19.5 Å². The van der Waals surface area contributed by atoms with Crippen molar-refractivity contribution in [3.8, 4) is 17.6 Å². The zero-order chi connectivity index (χ0) is 18.7. The summed E-state index contributed by atoms with van der Waals surface area (Å²) in [6.07, 6.45) is 0.985. The van der Waals surface area contributed by atoms with Gasteiger partial charge in [-0.15, -0.1) is 0 Å². The van der Waals surface area contributed by atoms with Gasteiger partial charge in [0.25, 0.3) is 5.91 Å². The van der Waals surface area contributed by atoms with E-state index < -0.39 is 18.5 Å². The molecule has 0 aliphatic heterocycles. The molecule has 1 aromatic carbocycles. The molecule has 0 fully saturated rings. The minimum atomic E-state index is -0.708. The average Bonchev–Trinajstić information content (AvgIpc) is 2.59. The smallest absolute Gasteiger partial charge is 0.338 e. The van der Waals surface area contributed by atoms with Crippen LogP contribution in [0.15, 0.2) is 12.1 Å². The van der Waals surface area contributed by atoms with E-state index in [1.807, 2.05) is 13.0 Å². The first-order chi connectivity index (χ1) is 12.0. The van der Waals surface area contributed by atoms with Crippen LogP contribution in [0.25, 0.3) is 0 Å². The van der Waals surface area contributed by atoms with Gasteiger partial charge in [0.1, 0.15) is 0 Å². The van der Waals surface area contributed by atoms with Crippen LogP contribution >= 0.6 is 11.6 Å². The molecule has 25 heavy (non-hydrogen) atoms. The van der Waals surface area contributed by atoms with Gasteiger partial charge in [0.15, 0.2) is 18.1 Å². The lowest BCUT2D eigenvalue weighted by Gasteiger charge is -2.14. The summed E-state index contributed by atoms with van der Waals surface area (Å²) in [5, 5.41) is 11.1. The molecule has 0 unspecified atom stereocenters. The van der Waals surface area contributed by atoms with Gasteiger partial charge in [0.2, 0.25) is 0 Å². The Morgan fingerprint density at radius 2 is 2.04 bits per heavy atom. The molecule has 7 nitrogen and oxygen atoms in total. The number of ether oxygens (including phenoxy) is 3. The number of benzene rings is 1. The summed E-state index contributed by atoms with van der Waals surface area (Å²) in [5.41, 5.74) is 0.155. The first-order valence-electron chi connectivity index (χ1n) is 7.93. The highest BCUT2D eigenvalue weighted by atomic mass is 35.5. The highest BCUT2D eigenvalue weighted by Gasteiger charge is 2.18. The number of halogens is 1. The molecule has 0 saturated carbocycles. The van der Waals surface area contributed by atoms with E-state index in [1.54, 1.807) is 6.92 Å². The fourth-order valence-corrected chi connectivity index (χ4v) is 2.08. The molecular weight excluding hydrogens is 348 g/mol. The Morgan fingerprint density at radius 1 is 1.28 bits per heavy atom. The normalized spacial score (nSPS) is 9.84. The second-order valence-electron chi connectivity index (χ2n) is 4.90. The molecule has 0 aromatic heterocycles. The Labute approximate surface area is 151 Å². The van der Waals surface area contributed by atoms with Gasteiger partial charge in [-0.3, -0.25) is 4.79 Å². The van der Waals surface area contributed by atoms with E-state index in [1.165, 1.54) is 12.1 Å². The number of carbonyl (C=O) groups is 2. The van der Waals surface area contributed by atoms with Gasteiger partial charge in [-0.05, 0) is 25.5 Å². The zero-order valence-corrected chi connectivity index (χ0v) is 15.0. The number of hydrogen-bond acceptors (Lipinski definition) is 6. The summed E-state index contributed by atoms with van der Waals surface area (Å²) in [6.45, 7) is 4.36. The molecule has 1 N–H and O–H groups in total. The second-order valence-corrected chi connectivity index (χ2v) is 5.31. The molecule has 8 heteroatoms. The molecule has 1 amide bonds. The van der Waals surface area contributed by atoms with Gasteiger partial charge >= 0.3 is 5.97 Å². The molecule has 0 bridgehead atoms. The fourth-order valence-electron chi connectivity index (χ4n) is 1.82. The Morgan fingerprint density at radius 3 is 2.68 bits per heavy atom. The van der Waals surface area contributed by atoms with Crippen molar-refractivity contribution in [2.45, 2.75) is 26.7 Å². The number of nitriles is 1.